The van der Waals surface area contributed by atoms with Crippen LogP contribution < -0.4 is 10.6 Å². The Bertz CT molecular complexity index is 602. The molecular weight excluding hydrogens is 334 g/mol. The number of anilines is 1. The van der Waals surface area contributed by atoms with E-state index in [0.29, 0.717) is 10.8 Å². The first kappa shape index (κ1) is 20.0. The molecule has 0 fully saturated rings. The number of thiazole rings is 1. The Labute approximate surface area is 144 Å². The maximum Gasteiger partial charge on any atom is 0.305 e. The second kappa shape index (κ2) is 8.74. The first-order valence-electron chi connectivity index (χ1n) is 7.42. The van der Waals surface area contributed by atoms with Crippen LogP contribution in [0.25, 0.3) is 0 Å². The van der Waals surface area contributed by atoms with Crippen LogP contribution >= 0.6 is 11.3 Å². The van der Waals surface area contributed by atoms with Crippen molar-refractivity contribution in [2.45, 2.75) is 39.2 Å². The topological polar surface area (TPSA) is 118 Å². The number of amides is 2. The number of nitrogens with one attached hydrogen (secondary N) is 2. The molecule has 0 aromatic carbocycles. The highest BCUT2D eigenvalue weighted by Crippen LogP contribution is 2.17. The van der Waals surface area contributed by atoms with Crippen LogP contribution in [0, 0.1) is 5.92 Å². The standard InChI is InChI=1S/C15H23N3O5S/c1-9(2)13(22)17-14-16-10(7-24-14)5-11(19)18-15(3,8-23-4)6-12(20)21/h7,9H,5-6,8H2,1-4H3,(H,18,19)(H,20,21)(H,16,17,22). The molecule has 1 unspecified atom stereocenters. The number of carboxylic acid groups (broad SMARTS) is 1. The van der Waals surface area contributed by atoms with E-state index in [1.54, 1.807) is 26.2 Å². The van der Waals surface area contributed by atoms with E-state index in [-0.39, 0.29) is 37.2 Å². The number of carbonyl (C=O) groups excluding carboxylic acids is 2. The third-order valence-corrected chi connectivity index (χ3v) is 3.90. The van der Waals surface area contributed by atoms with Gasteiger partial charge in [-0.05, 0) is 6.92 Å². The fourth-order valence-electron chi connectivity index (χ4n) is 2.02. The maximum absolute atomic E-state index is 12.1. The number of aliphatic carboxylic acids is 1. The van der Waals surface area contributed by atoms with E-state index in [1.807, 2.05) is 0 Å². The van der Waals surface area contributed by atoms with E-state index in [4.69, 9.17) is 9.84 Å². The Morgan fingerprint density at radius 1 is 1.42 bits per heavy atom. The quantitative estimate of drug-likeness (QED) is 0.613. The van der Waals surface area contributed by atoms with Crippen LogP contribution in [-0.2, 0) is 25.5 Å². The number of hydrogen-bond acceptors (Lipinski definition) is 6. The molecule has 1 aromatic heterocycles. The minimum absolute atomic E-state index is 0.00697. The predicted octanol–water partition coefficient (Wildman–Crippen LogP) is 1.28. The van der Waals surface area contributed by atoms with Crippen LogP contribution in [0.1, 0.15) is 32.9 Å². The van der Waals surface area contributed by atoms with E-state index in [0.717, 1.165) is 0 Å². The summed E-state index contributed by atoms with van der Waals surface area (Å²) in [6.07, 6.45) is -0.258. The van der Waals surface area contributed by atoms with E-state index in [2.05, 4.69) is 15.6 Å². The molecule has 0 saturated carbocycles. The molecule has 8 nitrogen and oxygen atoms in total. The SMILES string of the molecule is COCC(C)(CC(=O)O)NC(=O)Cc1csc(NC(=O)C(C)C)n1. The average Bonchev–Trinajstić information content (AvgIpc) is 2.84. The fourth-order valence-corrected chi connectivity index (χ4v) is 2.74. The van der Waals surface area contributed by atoms with Crippen molar-refractivity contribution in [2.24, 2.45) is 5.92 Å². The van der Waals surface area contributed by atoms with Gasteiger partial charge in [-0.3, -0.25) is 14.4 Å². The first-order valence-corrected chi connectivity index (χ1v) is 8.30. The molecule has 3 N–H and O–H groups in total. The van der Waals surface area contributed by atoms with Crippen molar-refractivity contribution >= 4 is 34.3 Å². The van der Waals surface area contributed by atoms with Gasteiger partial charge in [0.2, 0.25) is 11.8 Å². The molecule has 0 bridgehead atoms. The van der Waals surface area contributed by atoms with Crippen molar-refractivity contribution < 1.29 is 24.2 Å². The number of hydrogen-bond donors (Lipinski definition) is 3. The van der Waals surface area contributed by atoms with Crippen molar-refractivity contribution in [3.63, 3.8) is 0 Å². The van der Waals surface area contributed by atoms with Crippen LogP contribution in [0.15, 0.2) is 5.38 Å². The molecule has 134 valence electrons. The number of nitrogens with zero attached hydrogens (tertiary/aromatic N) is 1. The molecule has 1 heterocycles. The van der Waals surface area contributed by atoms with Crippen LogP contribution in [0.4, 0.5) is 5.13 Å². The summed E-state index contributed by atoms with van der Waals surface area (Å²) in [5.74, 6) is -1.69. The van der Waals surface area contributed by atoms with Gasteiger partial charge >= 0.3 is 5.97 Å². The average molecular weight is 357 g/mol. The molecule has 0 aliphatic rings. The van der Waals surface area contributed by atoms with Gasteiger partial charge in [0.05, 0.1) is 30.7 Å². The van der Waals surface area contributed by atoms with Gasteiger partial charge in [0.25, 0.3) is 0 Å². The number of ether oxygens (including phenoxy) is 1. The van der Waals surface area contributed by atoms with Crippen molar-refractivity contribution in [1.29, 1.82) is 0 Å². The molecule has 1 aromatic rings. The van der Waals surface area contributed by atoms with Crippen molar-refractivity contribution in [2.75, 3.05) is 19.0 Å². The lowest BCUT2D eigenvalue weighted by Crippen LogP contribution is -2.51. The zero-order chi connectivity index (χ0) is 18.3. The van der Waals surface area contributed by atoms with Crippen molar-refractivity contribution in [1.82, 2.24) is 10.3 Å². The molecule has 1 rings (SSSR count). The summed E-state index contributed by atoms with van der Waals surface area (Å²) >= 11 is 1.23. The van der Waals surface area contributed by atoms with E-state index in [9.17, 15) is 14.4 Å². The molecule has 0 radical (unpaired) electrons. The predicted molar refractivity (Wildman–Crippen MR) is 90.0 cm³/mol. The zero-order valence-electron chi connectivity index (χ0n) is 14.2. The van der Waals surface area contributed by atoms with Crippen LogP contribution in [-0.4, -0.2) is 47.1 Å². The lowest BCUT2D eigenvalue weighted by Gasteiger charge is -2.28. The summed E-state index contributed by atoms with van der Waals surface area (Å²) in [4.78, 5) is 38.9. The molecule has 0 spiro atoms. The monoisotopic (exact) mass is 357 g/mol. The Balaban J connectivity index is 2.65. The lowest BCUT2D eigenvalue weighted by molar-refractivity contribution is -0.139. The van der Waals surface area contributed by atoms with E-state index >= 15 is 0 Å². The zero-order valence-corrected chi connectivity index (χ0v) is 15.0. The summed E-state index contributed by atoms with van der Waals surface area (Å²) in [6.45, 7) is 5.24. The minimum atomic E-state index is -1.03. The largest absolute Gasteiger partial charge is 0.481 e. The van der Waals surface area contributed by atoms with Gasteiger partial charge in [0.15, 0.2) is 5.13 Å². The van der Waals surface area contributed by atoms with Crippen molar-refractivity contribution in [3.05, 3.63) is 11.1 Å². The molecule has 1 atom stereocenters. The Kier molecular flexibility index (Phi) is 7.30. The van der Waals surface area contributed by atoms with E-state index < -0.39 is 11.5 Å². The first-order chi connectivity index (χ1) is 11.1. The molecule has 0 aliphatic heterocycles. The second-order valence-corrected chi connectivity index (χ2v) is 6.94. The third kappa shape index (κ3) is 6.63. The second-order valence-electron chi connectivity index (χ2n) is 6.08. The molecule has 0 aliphatic carbocycles. The molecular formula is C15H23N3O5S. The molecule has 9 heteroatoms. The minimum Gasteiger partial charge on any atom is -0.481 e. The fraction of sp³-hybridized carbons (Fsp3) is 0.600. The van der Waals surface area contributed by atoms with Crippen LogP contribution in [0.2, 0.25) is 0 Å². The van der Waals surface area contributed by atoms with Gasteiger partial charge in [-0.15, -0.1) is 11.3 Å². The lowest BCUT2D eigenvalue weighted by atomic mass is 9.98. The highest BCUT2D eigenvalue weighted by molar-refractivity contribution is 7.13. The van der Waals surface area contributed by atoms with Gasteiger partial charge < -0.3 is 20.5 Å². The Morgan fingerprint density at radius 3 is 2.62 bits per heavy atom. The molecule has 0 saturated heterocycles. The summed E-state index contributed by atoms with van der Waals surface area (Å²) in [5, 5.41) is 16.4. The number of aromatic nitrogens is 1. The van der Waals surface area contributed by atoms with Crippen molar-refractivity contribution in [3.8, 4) is 0 Å². The molecule has 2 amide bonds. The summed E-state index contributed by atoms with van der Waals surface area (Å²) < 4.78 is 4.99. The van der Waals surface area contributed by atoms with Gasteiger partial charge in [0.1, 0.15) is 0 Å². The highest BCUT2D eigenvalue weighted by atomic mass is 32.1. The van der Waals surface area contributed by atoms with Gasteiger partial charge in [-0.25, -0.2) is 4.98 Å². The highest BCUT2D eigenvalue weighted by Gasteiger charge is 2.29. The summed E-state index contributed by atoms with van der Waals surface area (Å²) in [5.41, 5.74) is -0.491. The number of carbonyl (C=O) groups is 3. The van der Waals surface area contributed by atoms with Gasteiger partial charge in [-0.1, -0.05) is 13.8 Å². The number of rotatable bonds is 9. The maximum atomic E-state index is 12.1. The number of carboxylic acids is 1. The normalized spacial score (nSPS) is 13.4. The van der Waals surface area contributed by atoms with Crippen LogP contribution in [0.3, 0.4) is 0 Å². The summed E-state index contributed by atoms with van der Waals surface area (Å²) in [7, 11) is 1.44. The smallest absolute Gasteiger partial charge is 0.305 e. The Morgan fingerprint density at radius 2 is 2.08 bits per heavy atom. The van der Waals surface area contributed by atoms with Crippen LogP contribution in [0.5, 0.6) is 0 Å². The number of methoxy groups -OCH3 is 1. The van der Waals surface area contributed by atoms with E-state index in [1.165, 1.54) is 18.4 Å². The van der Waals surface area contributed by atoms with Gasteiger partial charge in [0, 0.05) is 18.4 Å². The van der Waals surface area contributed by atoms with Gasteiger partial charge in [-0.2, -0.15) is 0 Å². The Hall–Kier alpha value is -2.00. The summed E-state index contributed by atoms with van der Waals surface area (Å²) in [6, 6.07) is 0. The third-order valence-electron chi connectivity index (χ3n) is 3.09. The molecule has 24 heavy (non-hydrogen) atoms.